The van der Waals surface area contributed by atoms with Gasteiger partial charge < -0.3 is 9.47 Å². The van der Waals surface area contributed by atoms with Gasteiger partial charge in [-0.15, -0.1) is 15.3 Å². The normalized spacial score (nSPS) is 13.9. The SMILES string of the molecule is O=C(Nc1nc2ccc(Sc3nnc4ccc(OC5CCCC5)nn34)cc2s1)Oc1ccccc1. The van der Waals surface area contributed by atoms with Crippen LogP contribution in [0, 0.1) is 0 Å². The number of hydrogen-bond donors (Lipinski definition) is 1. The summed E-state index contributed by atoms with van der Waals surface area (Å²) in [6, 6.07) is 18.5. The first-order valence-electron chi connectivity index (χ1n) is 11.2. The molecule has 0 unspecified atom stereocenters. The number of nitrogens with one attached hydrogen (secondary N) is 1. The Kier molecular flexibility index (Phi) is 5.93. The number of fused-ring (bicyclic) bond motifs is 2. The molecule has 3 heterocycles. The van der Waals surface area contributed by atoms with Crippen molar-refractivity contribution in [1.29, 1.82) is 0 Å². The number of carbonyl (C=O) groups is 1. The molecule has 3 aromatic heterocycles. The maximum absolute atomic E-state index is 12.2. The highest BCUT2D eigenvalue weighted by Gasteiger charge is 2.18. The number of rotatable bonds is 6. The van der Waals surface area contributed by atoms with Gasteiger partial charge in [0.15, 0.2) is 10.8 Å². The van der Waals surface area contributed by atoms with Crippen molar-refractivity contribution in [2.24, 2.45) is 0 Å². The van der Waals surface area contributed by atoms with Crippen LogP contribution in [0.15, 0.2) is 70.7 Å². The van der Waals surface area contributed by atoms with Crippen LogP contribution in [0.2, 0.25) is 0 Å². The Hall–Kier alpha value is -3.70. The lowest BCUT2D eigenvalue weighted by atomic mass is 10.3. The number of ether oxygens (including phenoxy) is 2. The third kappa shape index (κ3) is 4.91. The van der Waals surface area contributed by atoms with Crippen LogP contribution in [0.4, 0.5) is 9.93 Å². The Balaban J connectivity index is 1.18. The topological polar surface area (TPSA) is 104 Å². The van der Waals surface area contributed by atoms with Crippen molar-refractivity contribution in [3.05, 3.63) is 60.7 Å². The molecular weight excluding hydrogens is 484 g/mol. The van der Waals surface area contributed by atoms with Crippen LogP contribution in [0.25, 0.3) is 15.9 Å². The Labute approximate surface area is 208 Å². The molecule has 5 aromatic rings. The van der Waals surface area contributed by atoms with Gasteiger partial charge in [0.2, 0.25) is 11.0 Å². The molecular formula is C24H20N6O3S2. The fourth-order valence-corrected chi connectivity index (χ4v) is 5.68. The standard InChI is InChI=1S/C24H20N6O3S2/c31-24(33-16-6-2-1-3-7-16)26-22-25-18-11-10-17(14-19(18)35-22)34-23-28-27-20-12-13-21(29-30(20)23)32-15-8-4-5-9-15/h1-3,6-7,10-15H,4-5,8-9H2,(H,25,26,31). The summed E-state index contributed by atoms with van der Waals surface area (Å²) in [7, 11) is 0. The number of para-hydroxylation sites is 1. The number of nitrogens with zero attached hydrogens (tertiary/aromatic N) is 5. The monoisotopic (exact) mass is 504 g/mol. The number of carbonyl (C=O) groups excluding carboxylic acids is 1. The molecule has 35 heavy (non-hydrogen) atoms. The molecule has 1 N–H and O–H groups in total. The number of thiazole rings is 1. The lowest BCUT2D eigenvalue weighted by Crippen LogP contribution is -2.16. The minimum Gasteiger partial charge on any atom is -0.473 e. The third-order valence-corrected chi connectivity index (χ3v) is 7.39. The first-order valence-corrected chi connectivity index (χ1v) is 12.8. The molecule has 0 bridgehead atoms. The van der Waals surface area contributed by atoms with Crippen molar-refractivity contribution < 1.29 is 14.3 Å². The molecule has 1 fully saturated rings. The molecule has 0 atom stereocenters. The minimum atomic E-state index is -0.582. The summed E-state index contributed by atoms with van der Waals surface area (Å²) in [5.41, 5.74) is 1.44. The summed E-state index contributed by atoms with van der Waals surface area (Å²) in [5.74, 6) is 1.05. The van der Waals surface area contributed by atoms with E-state index in [1.54, 1.807) is 28.8 Å². The van der Waals surface area contributed by atoms with Gasteiger partial charge in [0.05, 0.1) is 10.2 Å². The zero-order valence-corrected chi connectivity index (χ0v) is 20.1. The molecule has 1 aliphatic rings. The number of amides is 1. The lowest BCUT2D eigenvalue weighted by molar-refractivity contribution is 0.198. The van der Waals surface area contributed by atoms with Crippen LogP contribution in [0.5, 0.6) is 11.6 Å². The largest absolute Gasteiger partial charge is 0.473 e. The zero-order chi connectivity index (χ0) is 23.6. The minimum absolute atomic E-state index is 0.231. The molecule has 1 amide bonds. The van der Waals surface area contributed by atoms with Gasteiger partial charge in [0, 0.05) is 11.0 Å². The van der Waals surface area contributed by atoms with Gasteiger partial charge in [-0.3, -0.25) is 5.32 Å². The highest BCUT2D eigenvalue weighted by Crippen LogP contribution is 2.33. The van der Waals surface area contributed by atoms with Crippen molar-refractivity contribution in [3.8, 4) is 11.6 Å². The Morgan fingerprint density at radius 2 is 1.91 bits per heavy atom. The Bertz CT molecular complexity index is 1500. The first-order chi connectivity index (χ1) is 17.2. The van der Waals surface area contributed by atoms with Gasteiger partial charge >= 0.3 is 6.09 Å². The molecule has 2 aromatic carbocycles. The maximum atomic E-state index is 12.2. The van der Waals surface area contributed by atoms with Crippen molar-refractivity contribution in [2.75, 3.05) is 5.32 Å². The van der Waals surface area contributed by atoms with E-state index < -0.39 is 6.09 Å². The summed E-state index contributed by atoms with van der Waals surface area (Å²) >= 11 is 2.83. The fourth-order valence-electron chi connectivity index (χ4n) is 3.89. The first kappa shape index (κ1) is 21.8. The van der Waals surface area contributed by atoms with Crippen molar-refractivity contribution in [2.45, 2.75) is 41.8 Å². The van der Waals surface area contributed by atoms with E-state index in [1.807, 2.05) is 36.4 Å². The predicted octanol–water partition coefficient (Wildman–Crippen LogP) is 5.82. The number of benzene rings is 2. The quantitative estimate of drug-likeness (QED) is 0.309. The Morgan fingerprint density at radius 1 is 1.06 bits per heavy atom. The molecule has 176 valence electrons. The van der Waals surface area contributed by atoms with Crippen LogP contribution < -0.4 is 14.8 Å². The van der Waals surface area contributed by atoms with E-state index in [0.29, 0.717) is 27.6 Å². The van der Waals surface area contributed by atoms with Crippen molar-refractivity contribution >= 4 is 50.2 Å². The lowest BCUT2D eigenvalue weighted by Gasteiger charge is -2.11. The van der Waals surface area contributed by atoms with Crippen LogP contribution in [0.3, 0.4) is 0 Å². The summed E-state index contributed by atoms with van der Waals surface area (Å²) < 4.78 is 14.0. The molecule has 11 heteroatoms. The highest BCUT2D eigenvalue weighted by molar-refractivity contribution is 7.99. The third-order valence-electron chi connectivity index (χ3n) is 5.53. The van der Waals surface area contributed by atoms with Crippen LogP contribution in [-0.2, 0) is 0 Å². The van der Waals surface area contributed by atoms with E-state index in [4.69, 9.17) is 9.47 Å². The summed E-state index contributed by atoms with van der Waals surface area (Å²) in [4.78, 5) is 17.6. The number of anilines is 1. The maximum Gasteiger partial charge on any atom is 0.418 e. The van der Waals surface area contributed by atoms with Gasteiger partial charge in [-0.25, -0.2) is 9.78 Å². The molecule has 0 radical (unpaired) electrons. The van der Waals surface area contributed by atoms with Gasteiger partial charge in [-0.05, 0) is 73.8 Å². The predicted molar refractivity (Wildman–Crippen MR) is 133 cm³/mol. The zero-order valence-electron chi connectivity index (χ0n) is 18.5. The molecule has 0 saturated heterocycles. The fraction of sp³-hybridized carbons (Fsp3) is 0.208. The average molecular weight is 505 g/mol. The molecule has 6 rings (SSSR count). The van der Waals surface area contributed by atoms with E-state index in [0.717, 1.165) is 28.0 Å². The van der Waals surface area contributed by atoms with Gasteiger partial charge in [-0.2, -0.15) is 4.52 Å². The summed E-state index contributed by atoms with van der Waals surface area (Å²) in [6.45, 7) is 0. The second-order valence-electron chi connectivity index (χ2n) is 8.03. The molecule has 1 aliphatic carbocycles. The van der Waals surface area contributed by atoms with E-state index >= 15 is 0 Å². The summed E-state index contributed by atoms with van der Waals surface area (Å²) in [6.07, 6.45) is 4.19. The Morgan fingerprint density at radius 3 is 2.77 bits per heavy atom. The summed E-state index contributed by atoms with van der Waals surface area (Å²) in [5, 5.41) is 16.9. The van der Waals surface area contributed by atoms with Crippen molar-refractivity contribution in [3.63, 3.8) is 0 Å². The average Bonchev–Trinajstić information content (AvgIpc) is 3.60. The van der Waals surface area contributed by atoms with Gasteiger partial charge in [0.1, 0.15) is 11.9 Å². The smallest absolute Gasteiger partial charge is 0.418 e. The highest BCUT2D eigenvalue weighted by atomic mass is 32.2. The molecule has 0 spiro atoms. The second-order valence-corrected chi connectivity index (χ2v) is 10.1. The van der Waals surface area contributed by atoms with E-state index in [9.17, 15) is 4.79 Å². The molecule has 1 saturated carbocycles. The van der Waals surface area contributed by atoms with Gasteiger partial charge in [0.25, 0.3) is 0 Å². The van der Waals surface area contributed by atoms with Crippen molar-refractivity contribution in [1.82, 2.24) is 24.8 Å². The number of aromatic nitrogens is 5. The second kappa shape index (κ2) is 9.51. The van der Waals surface area contributed by atoms with Crippen LogP contribution >= 0.6 is 23.1 Å². The molecule has 9 nitrogen and oxygen atoms in total. The molecule has 0 aliphatic heterocycles. The number of hydrogen-bond acceptors (Lipinski definition) is 9. The van der Waals surface area contributed by atoms with E-state index in [-0.39, 0.29) is 6.10 Å². The van der Waals surface area contributed by atoms with Gasteiger partial charge in [-0.1, -0.05) is 29.5 Å². The van der Waals surface area contributed by atoms with Crippen LogP contribution in [0.1, 0.15) is 25.7 Å². The van der Waals surface area contributed by atoms with E-state index in [1.165, 1.54) is 35.9 Å². The van der Waals surface area contributed by atoms with E-state index in [2.05, 4.69) is 25.6 Å². The van der Waals surface area contributed by atoms with Crippen LogP contribution in [-0.4, -0.2) is 37.0 Å².